The van der Waals surface area contributed by atoms with Gasteiger partial charge in [-0.2, -0.15) is 0 Å². The van der Waals surface area contributed by atoms with Crippen LogP contribution in [0.4, 0.5) is 0 Å². The lowest BCUT2D eigenvalue weighted by molar-refractivity contribution is -0.148. The van der Waals surface area contributed by atoms with Crippen LogP contribution in [0.5, 0.6) is 0 Å². The van der Waals surface area contributed by atoms with Gasteiger partial charge in [0.1, 0.15) is 0 Å². The second-order valence-electron chi connectivity index (χ2n) is 3.00. The Balaban J connectivity index is 4.21. The molecule has 0 fully saturated rings. The van der Waals surface area contributed by atoms with Crippen LogP contribution < -0.4 is 0 Å². The van der Waals surface area contributed by atoms with Crippen molar-refractivity contribution >= 4 is 24.1 Å². The van der Waals surface area contributed by atoms with E-state index in [4.69, 9.17) is 17.4 Å². The fourth-order valence-electron chi connectivity index (χ4n) is 0.839. The van der Waals surface area contributed by atoms with Gasteiger partial charge in [0.2, 0.25) is 0 Å². The highest BCUT2D eigenvalue weighted by Crippen LogP contribution is 2.11. The molecule has 0 atom stereocenters. The lowest BCUT2D eigenvalue weighted by atomic mass is 10.7. The van der Waals surface area contributed by atoms with Gasteiger partial charge in [-0.25, -0.2) is 4.79 Å². The third-order valence-corrected chi connectivity index (χ3v) is 6.00. The van der Waals surface area contributed by atoms with Crippen molar-refractivity contribution in [3.8, 4) is 0 Å². The fraction of sp³-hybridized carbons (Fsp3) is 0.625. The topological polar surface area (TPSA) is 63.2 Å². The molecule has 8 heteroatoms. The SMILES string of the molecule is C=CC(=O)OCO[Si](OC)(OC)O[SiH](C)C. The minimum absolute atomic E-state index is 0.278. The van der Waals surface area contributed by atoms with E-state index in [2.05, 4.69) is 11.3 Å². The molecule has 0 rings (SSSR count). The lowest BCUT2D eigenvalue weighted by Gasteiger charge is -2.26. The van der Waals surface area contributed by atoms with Gasteiger partial charge in [0.05, 0.1) is 0 Å². The molecule has 94 valence electrons. The number of carbonyl (C=O) groups is 1. The number of rotatable bonds is 8. The normalized spacial score (nSPS) is 11.6. The molecule has 16 heavy (non-hydrogen) atoms. The molecule has 0 N–H and O–H groups in total. The average Bonchev–Trinajstić information content (AvgIpc) is 2.26. The maximum atomic E-state index is 10.8. The predicted molar refractivity (Wildman–Crippen MR) is 62.0 cm³/mol. The molecule has 0 saturated carbocycles. The van der Waals surface area contributed by atoms with Gasteiger partial charge in [-0.05, 0) is 13.1 Å². The van der Waals surface area contributed by atoms with Gasteiger partial charge in [0.25, 0.3) is 0 Å². The van der Waals surface area contributed by atoms with Crippen LogP contribution in [0.25, 0.3) is 0 Å². The minimum Gasteiger partial charge on any atom is -0.436 e. The van der Waals surface area contributed by atoms with Crippen molar-refractivity contribution < 1.29 is 26.9 Å². The van der Waals surface area contributed by atoms with E-state index in [1.54, 1.807) is 0 Å². The summed E-state index contributed by atoms with van der Waals surface area (Å²) < 4.78 is 25.6. The summed E-state index contributed by atoms with van der Waals surface area (Å²) in [5.41, 5.74) is 0. The number of esters is 1. The van der Waals surface area contributed by atoms with Crippen molar-refractivity contribution in [2.45, 2.75) is 13.1 Å². The van der Waals surface area contributed by atoms with Gasteiger partial charge in [-0.3, -0.25) is 0 Å². The summed E-state index contributed by atoms with van der Waals surface area (Å²) in [6, 6.07) is 0. The maximum absolute atomic E-state index is 10.8. The molecule has 0 aromatic heterocycles. The first kappa shape index (κ1) is 15.5. The molecule has 0 aromatic carbocycles. The van der Waals surface area contributed by atoms with E-state index in [9.17, 15) is 4.79 Å². The quantitative estimate of drug-likeness (QED) is 0.274. The van der Waals surface area contributed by atoms with Gasteiger partial charge >= 0.3 is 15.0 Å². The molecule has 0 aliphatic rings. The average molecular weight is 266 g/mol. The summed E-state index contributed by atoms with van der Waals surface area (Å²) in [6.07, 6.45) is 1.05. The minimum atomic E-state index is -3.14. The summed E-state index contributed by atoms with van der Waals surface area (Å²) in [4.78, 5) is 10.8. The molecule has 0 unspecified atom stereocenters. The lowest BCUT2D eigenvalue weighted by Crippen LogP contribution is -2.50. The summed E-state index contributed by atoms with van der Waals surface area (Å²) in [6.45, 7) is 6.90. The van der Waals surface area contributed by atoms with Crippen LogP contribution in [-0.2, 0) is 26.9 Å². The molecule has 0 aliphatic carbocycles. The summed E-state index contributed by atoms with van der Waals surface area (Å²) in [7, 11) is -1.65. The van der Waals surface area contributed by atoms with Crippen molar-refractivity contribution in [2.24, 2.45) is 0 Å². The highest BCUT2D eigenvalue weighted by atomic mass is 28.4. The van der Waals surface area contributed by atoms with E-state index >= 15 is 0 Å². The number of ether oxygens (including phenoxy) is 1. The first-order valence-electron chi connectivity index (χ1n) is 4.71. The molecule has 0 bridgehead atoms. The maximum Gasteiger partial charge on any atom is 0.670 e. The fourth-order valence-corrected chi connectivity index (χ4v) is 4.80. The molecule has 6 nitrogen and oxygen atoms in total. The van der Waals surface area contributed by atoms with E-state index in [1.165, 1.54) is 14.2 Å². The van der Waals surface area contributed by atoms with Crippen LogP contribution in [0.3, 0.4) is 0 Å². The summed E-state index contributed by atoms with van der Waals surface area (Å²) in [5.74, 6) is -0.572. The Kier molecular flexibility index (Phi) is 7.46. The Labute approximate surface area is 98.3 Å². The van der Waals surface area contributed by atoms with Gasteiger partial charge < -0.3 is 22.1 Å². The van der Waals surface area contributed by atoms with Gasteiger partial charge in [0, 0.05) is 20.3 Å². The van der Waals surface area contributed by atoms with Crippen molar-refractivity contribution in [1.82, 2.24) is 0 Å². The second-order valence-corrected chi connectivity index (χ2v) is 8.15. The van der Waals surface area contributed by atoms with E-state index < -0.39 is 24.1 Å². The molecule has 0 spiro atoms. The monoisotopic (exact) mass is 266 g/mol. The molecule has 0 aliphatic heterocycles. The molecular formula is C8H18O6Si2. The van der Waals surface area contributed by atoms with Crippen LogP contribution >= 0.6 is 0 Å². The Morgan fingerprint density at radius 3 is 2.31 bits per heavy atom. The highest BCUT2D eigenvalue weighted by molar-refractivity contribution is 6.65. The van der Waals surface area contributed by atoms with Crippen molar-refractivity contribution in [3.05, 3.63) is 12.7 Å². The second kappa shape index (κ2) is 7.71. The summed E-state index contributed by atoms with van der Waals surface area (Å²) in [5, 5.41) is 0. The molecule has 0 heterocycles. The summed E-state index contributed by atoms with van der Waals surface area (Å²) >= 11 is 0. The van der Waals surface area contributed by atoms with E-state index in [-0.39, 0.29) is 6.79 Å². The predicted octanol–water partition coefficient (Wildman–Crippen LogP) is 0.418. The number of carbonyl (C=O) groups excluding carboxylic acids is 1. The first-order valence-corrected chi connectivity index (χ1v) is 9.12. The van der Waals surface area contributed by atoms with Crippen molar-refractivity contribution in [3.63, 3.8) is 0 Å². The molecule has 0 aromatic rings. The zero-order chi connectivity index (χ0) is 12.6. The van der Waals surface area contributed by atoms with Crippen LogP contribution in [0.2, 0.25) is 13.1 Å². The Morgan fingerprint density at radius 1 is 1.38 bits per heavy atom. The van der Waals surface area contributed by atoms with Crippen molar-refractivity contribution in [2.75, 3.05) is 21.0 Å². The van der Waals surface area contributed by atoms with Gasteiger partial charge in [-0.1, -0.05) is 6.58 Å². The van der Waals surface area contributed by atoms with E-state index in [1.807, 2.05) is 13.1 Å². The third kappa shape index (κ3) is 5.54. The molecule has 0 amide bonds. The number of hydrogen-bond donors (Lipinski definition) is 0. The van der Waals surface area contributed by atoms with Crippen molar-refractivity contribution in [1.29, 1.82) is 0 Å². The zero-order valence-electron chi connectivity index (χ0n) is 10.0. The Hall–Kier alpha value is -0.516. The van der Waals surface area contributed by atoms with Gasteiger partial charge in [-0.15, -0.1) is 0 Å². The number of hydrogen-bond acceptors (Lipinski definition) is 6. The standard InChI is InChI=1S/C8H18O6Si2/c1-6-8(9)12-7-13-16(10-2,11-3)14-15(4)5/h6,15H,1,7H2,2-5H3. The van der Waals surface area contributed by atoms with Crippen LogP contribution in [-0.4, -0.2) is 45.1 Å². The van der Waals surface area contributed by atoms with Crippen LogP contribution in [0.1, 0.15) is 0 Å². The molecule has 0 radical (unpaired) electrons. The third-order valence-electron chi connectivity index (χ3n) is 1.48. The smallest absolute Gasteiger partial charge is 0.436 e. The largest absolute Gasteiger partial charge is 0.670 e. The van der Waals surface area contributed by atoms with E-state index in [0.29, 0.717) is 0 Å². The first-order chi connectivity index (χ1) is 7.49. The van der Waals surface area contributed by atoms with Crippen LogP contribution in [0.15, 0.2) is 12.7 Å². The molecule has 0 saturated heterocycles. The molecular weight excluding hydrogens is 248 g/mol. The van der Waals surface area contributed by atoms with Crippen LogP contribution in [0, 0.1) is 0 Å². The Morgan fingerprint density at radius 2 is 1.94 bits per heavy atom. The highest BCUT2D eigenvalue weighted by Gasteiger charge is 2.44. The zero-order valence-corrected chi connectivity index (χ0v) is 12.2. The Bertz CT molecular complexity index is 229. The van der Waals surface area contributed by atoms with E-state index in [0.717, 1.165) is 6.08 Å². The van der Waals surface area contributed by atoms with Gasteiger partial charge in [0.15, 0.2) is 15.8 Å².